The smallest absolute Gasteiger partial charge is 0.298 e. The van der Waals surface area contributed by atoms with Crippen molar-refractivity contribution < 1.29 is 22.9 Å². The van der Waals surface area contributed by atoms with E-state index in [2.05, 4.69) is 15.3 Å². The Hall–Kier alpha value is -1.82. The van der Waals surface area contributed by atoms with Crippen molar-refractivity contribution in [3.63, 3.8) is 0 Å². The van der Waals surface area contributed by atoms with Gasteiger partial charge in [-0.3, -0.25) is 9.35 Å². The van der Waals surface area contributed by atoms with Crippen LogP contribution >= 0.6 is 11.6 Å². The third-order valence-electron chi connectivity index (χ3n) is 3.68. The molecule has 0 bridgehead atoms. The van der Waals surface area contributed by atoms with Gasteiger partial charge in [-0.1, -0.05) is 29.8 Å². The molecule has 0 saturated carbocycles. The first kappa shape index (κ1) is 22.5. The van der Waals surface area contributed by atoms with Crippen LogP contribution in [0.4, 0.5) is 11.4 Å². The third kappa shape index (κ3) is 4.59. The van der Waals surface area contributed by atoms with Crippen LogP contribution in [0.15, 0.2) is 62.7 Å². The van der Waals surface area contributed by atoms with Gasteiger partial charge in [-0.2, -0.15) is 28.8 Å². The number of phenols is 1. The van der Waals surface area contributed by atoms with E-state index in [4.69, 9.17) is 16.2 Å². The summed E-state index contributed by atoms with van der Waals surface area (Å²) in [5.41, 5.74) is 0.608. The summed E-state index contributed by atoms with van der Waals surface area (Å²) in [7, 11) is -4.72. The molecule has 0 spiro atoms. The first-order chi connectivity index (χ1) is 12.7. The van der Waals surface area contributed by atoms with Crippen molar-refractivity contribution in [3.8, 4) is 5.75 Å². The molecule has 1 atom stereocenters. The van der Waals surface area contributed by atoms with Gasteiger partial charge in [0, 0.05) is 34.6 Å². The predicted octanol–water partition coefficient (Wildman–Crippen LogP) is 2.79. The van der Waals surface area contributed by atoms with E-state index in [-0.39, 0.29) is 40.3 Å². The minimum absolute atomic E-state index is 0. The number of anilines is 1. The van der Waals surface area contributed by atoms with Gasteiger partial charge in [-0.05, 0) is 31.2 Å². The van der Waals surface area contributed by atoms with Crippen molar-refractivity contribution in [1.29, 1.82) is 0 Å². The summed E-state index contributed by atoms with van der Waals surface area (Å²) in [4.78, 5) is 11.7. The number of aromatic hydroxyl groups is 1. The topological polar surface area (TPSA) is 132 Å². The van der Waals surface area contributed by atoms with Crippen LogP contribution in [0.5, 0.6) is 5.75 Å². The van der Waals surface area contributed by atoms with Crippen LogP contribution in [0.2, 0.25) is 5.02 Å². The van der Waals surface area contributed by atoms with Gasteiger partial charge in [0.05, 0.1) is 11.4 Å². The van der Waals surface area contributed by atoms with E-state index in [0.717, 1.165) is 12.1 Å². The molecule has 1 amide bonds. The van der Waals surface area contributed by atoms with Gasteiger partial charge in [0.25, 0.3) is 16.0 Å². The Balaban J connectivity index is 0.00000280. The number of azo groups is 1. The first-order valence-corrected chi connectivity index (χ1v) is 9.35. The zero-order valence-electron chi connectivity index (χ0n) is 14.8. The molecule has 1 unspecified atom stereocenters. The molecular formula is C16H13ClN4NaO5S. The molecule has 9 nitrogen and oxygen atoms in total. The first-order valence-electron chi connectivity index (χ1n) is 7.53. The number of hydrogen-bond acceptors (Lipinski definition) is 7. The summed E-state index contributed by atoms with van der Waals surface area (Å²) < 4.78 is 31.8. The number of halogens is 1. The number of phenolic OH excluding ortho intramolecular Hbond substituents is 1. The summed E-state index contributed by atoms with van der Waals surface area (Å²) in [5.74, 6) is -1.29. The van der Waals surface area contributed by atoms with Crippen molar-refractivity contribution in [2.45, 2.75) is 17.9 Å². The fourth-order valence-electron chi connectivity index (χ4n) is 2.40. The Labute approximate surface area is 187 Å². The van der Waals surface area contributed by atoms with Gasteiger partial charge in [0.1, 0.15) is 10.6 Å². The van der Waals surface area contributed by atoms with Crippen molar-refractivity contribution in [1.82, 2.24) is 0 Å². The third-order valence-corrected chi connectivity index (χ3v) is 4.76. The molecule has 28 heavy (non-hydrogen) atoms. The number of carbonyl (C=O) groups is 1. The second kappa shape index (κ2) is 8.68. The molecule has 141 valence electrons. The van der Waals surface area contributed by atoms with Crippen molar-refractivity contribution in [2.75, 3.05) is 5.01 Å². The van der Waals surface area contributed by atoms with Crippen molar-refractivity contribution in [3.05, 3.63) is 47.5 Å². The summed E-state index contributed by atoms with van der Waals surface area (Å²) >= 11 is 5.80. The van der Waals surface area contributed by atoms with E-state index in [9.17, 15) is 18.3 Å². The van der Waals surface area contributed by atoms with Gasteiger partial charge >= 0.3 is 0 Å². The summed E-state index contributed by atoms with van der Waals surface area (Å²) in [6, 6.07) is 9.69. The van der Waals surface area contributed by atoms with Gasteiger partial charge in [-0.25, -0.2) is 0 Å². The molecule has 0 aliphatic carbocycles. The maximum atomic E-state index is 12.5. The Morgan fingerprint density at radius 3 is 2.46 bits per heavy atom. The second-order valence-electron chi connectivity index (χ2n) is 5.59. The molecule has 1 radical (unpaired) electrons. The van der Waals surface area contributed by atoms with Gasteiger partial charge in [0.15, 0.2) is 11.8 Å². The Morgan fingerprint density at radius 1 is 1.21 bits per heavy atom. The average Bonchev–Trinajstić information content (AvgIpc) is 2.89. The number of amides is 1. The predicted molar refractivity (Wildman–Crippen MR) is 104 cm³/mol. The van der Waals surface area contributed by atoms with Gasteiger partial charge < -0.3 is 5.11 Å². The minimum atomic E-state index is -4.72. The molecule has 2 aromatic rings. The fourth-order valence-corrected chi connectivity index (χ4v) is 3.30. The monoisotopic (exact) mass is 431 g/mol. The molecule has 3 rings (SSSR count). The Bertz CT molecular complexity index is 1080. The summed E-state index contributed by atoms with van der Waals surface area (Å²) in [6.45, 7) is 1.59. The number of carbonyl (C=O) groups excluding carboxylic acids is 1. The number of hydrogen-bond donors (Lipinski definition) is 2. The second-order valence-corrected chi connectivity index (χ2v) is 7.42. The van der Waals surface area contributed by atoms with E-state index in [1.165, 1.54) is 5.01 Å². The molecule has 2 aromatic carbocycles. The molecular weight excluding hydrogens is 419 g/mol. The number of rotatable bonds is 4. The largest absolute Gasteiger partial charge is 0.504 e. The van der Waals surface area contributed by atoms with Crippen molar-refractivity contribution in [2.24, 2.45) is 15.3 Å². The van der Waals surface area contributed by atoms with Gasteiger partial charge in [0.2, 0.25) is 0 Å². The van der Waals surface area contributed by atoms with E-state index in [1.54, 1.807) is 37.3 Å². The average molecular weight is 432 g/mol. The van der Waals surface area contributed by atoms with Crippen molar-refractivity contribution >= 4 is 74.3 Å². The van der Waals surface area contributed by atoms with Crippen LogP contribution in [0.1, 0.15) is 6.92 Å². The number of hydrazone groups is 1. The zero-order valence-corrected chi connectivity index (χ0v) is 18.4. The molecule has 1 heterocycles. The van der Waals surface area contributed by atoms with Crippen LogP contribution in [0.3, 0.4) is 0 Å². The van der Waals surface area contributed by atoms with Crippen LogP contribution in [0.25, 0.3) is 0 Å². The molecule has 0 aromatic heterocycles. The quantitative estimate of drug-likeness (QED) is 0.436. The molecule has 1 aliphatic rings. The molecule has 1 aliphatic heterocycles. The number of nitrogens with zero attached hydrogens (tertiary/aromatic N) is 4. The molecule has 12 heteroatoms. The van der Waals surface area contributed by atoms with E-state index < -0.39 is 32.7 Å². The normalized spacial score (nSPS) is 17.0. The van der Waals surface area contributed by atoms with Crippen LogP contribution < -0.4 is 5.01 Å². The maximum Gasteiger partial charge on any atom is 0.298 e. The SMILES string of the molecule is CC1=NN(c2ccccc2)C(=O)C1N=Nc1cc(Cl)cc(S(=O)(=O)O)c1O.[Na]. The zero-order chi connectivity index (χ0) is 19.8. The van der Waals surface area contributed by atoms with Crippen LogP contribution in [-0.4, -0.2) is 65.3 Å². The summed E-state index contributed by atoms with van der Waals surface area (Å²) in [6.07, 6.45) is 0. The molecule has 0 fully saturated rings. The molecule has 2 N–H and O–H groups in total. The summed E-state index contributed by atoms with van der Waals surface area (Å²) in [5, 5.41) is 22.8. The standard InChI is InChI=1S/C16H13ClN4O5S.Na/c1-9-14(16(23)21(20-9)11-5-3-2-4-6-11)19-18-12-7-10(17)8-13(15(12)22)27(24,25)26;/h2-8,14,22H,1H3,(H,24,25,26);. The van der Waals surface area contributed by atoms with Gasteiger partial charge in [-0.15, -0.1) is 0 Å². The Kier molecular flexibility index (Phi) is 6.97. The minimum Gasteiger partial charge on any atom is -0.504 e. The number of para-hydroxylation sites is 1. The van der Waals surface area contributed by atoms with Crippen LogP contribution in [0, 0.1) is 0 Å². The van der Waals surface area contributed by atoms with E-state index in [1.807, 2.05) is 0 Å². The van der Waals surface area contributed by atoms with E-state index in [0.29, 0.717) is 11.4 Å². The number of benzene rings is 2. The van der Waals surface area contributed by atoms with E-state index >= 15 is 0 Å². The fraction of sp³-hybridized carbons (Fsp3) is 0.125. The Morgan fingerprint density at radius 2 is 1.86 bits per heavy atom. The molecule has 0 saturated heterocycles. The van der Waals surface area contributed by atoms with Crippen LogP contribution in [-0.2, 0) is 14.9 Å². The maximum absolute atomic E-state index is 12.5.